The zero-order valence-electron chi connectivity index (χ0n) is 13.6. The Morgan fingerprint density at radius 2 is 2.12 bits per heavy atom. The standard InChI is InChI=1S/C17H14ClN5O3/c1-22-9-8-19-17(22)16(21-24)12-7-6-11(10-13(12)18)20-14-4-2-3-5-15(14)23(25)26/h2-10,20,24H,1H3/b21-16+. The van der Waals surface area contributed by atoms with E-state index in [9.17, 15) is 15.3 Å². The Labute approximate surface area is 153 Å². The SMILES string of the molecule is Cn1ccnc1/C(=N/O)c1ccc(Nc2ccccc2[N+](=O)[O-])cc1Cl. The van der Waals surface area contributed by atoms with Gasteiger partial charge >= 0.3 is 0 Å². The highest BCUT2D eigenvalue weighted by atomic mass is 35.5. The Morgan fingerprint density at radius 3 is 2.73 bits per heavy atom. The highest BCUT2D eigenvalue weighted by Crippen LogP contribution is 2.30. The van der Waals surface area contributed by atoms with Crippen LogP contribution < -0.4 is 5.32 Å². The van der Waals surface area contributed by atoms with Gasteiger partial charge in [-0.05, 0) is 24.3 Å². The van der Waals surface area contributed by atoms with Crippen LogP contribution in [0.4, 0.5) is 17.1 Å². The van der Waals surface area contributed by atoms with Gasteiger partial charge in [-0.3, -0.25) is 10.1 Å². The summed E-state index contributed by atoms with van der Waals surface area (Å²) < 4.78 is 1.70. The van der Waals surface area contributed by atoms with Gasteiger partial charge in [-0.15, -0.1) is 0 Å². The summed E-state index contributed by atoms with van der Waals surface area (Å²) in [5.74, 6) is 0.453. The van der Waals surface area contributed by atoms with E-state index in [1.165, 1.54) is 6.07 Å². The third-order valence-electron chi connectivity index (χ3n) is 3.74. The first kappa shape index (κ1) is 17.4. The molecule has 8 nitrogen and oxygen atoms in total. The lowest BCUT2D eigenvalue weighted by Crippen LogP contribution is -2.11. The van der Waals surface area contributed by atoms with Crippen molar-refractivity contribution in [2.24, 2.45) is 12.2 Å². The molecule has 0 saturated carbocycles. The fraction of sp³-hybridized carbons (Fsp3) is 0.0588. The molecule has 3 rings (SSSR count). The fourth-order valence-corrected chi connectivity index (χ4v) is 2.76. The molecule has 26 heavy (non-hydrogen) atoms. The molecule has 3 aromatic rings. The number of oxime groups is 1. The molecule has 0 saturated heterocycles. The minimum Gasteiger partial charge on any atom is -0.410 e. The van der Waals surface area contributed by atoms with E-state index in [1.807, 2.05) is 0 Å². The third kappa shape index (κ3) is 3.35. The molecule has 1 aromatic heterocycles. The lowest BCUT2D eigenvalue weighted by atomic mass is 10.1. The molecule has 0 radical (unpaired) electrons. The van der Waals surface area contributed by atoms with E-state index in [0.717, 1.165) is 0 Å². The van der Waals surface area contributed by atoms with Gasteiger partial charge < -0.3 is 15.1 Å². The first-order valence-electron chi connectivity index (χ1n) is 7.51. The Kier molecular flexibility index (Phi) is 4.85. The van der Waals surface area contributed by atoms with E-state index in [-0.39, 0.29) is 11.4 Å². The first-order valence-corrected chi connectivity index (χ1v) is 7.89. The van der Waals surface area contributed by atoms with Crippen molar-refractivity contribution < 1.29 is 10.1 Å². The number of anilines is 2. The average Bonchev–Trinajstić information content (AvgIpc) is 3.03. The summed E-state index contributed by atoms with van der Waals surface area (Å²) >= 11 is 6.34. The summed E-state index contributed by atoms with van der Waals surface area (Å²) in [6.45, 7) is 0. The predicted molar refractivity (Wildman–Crippen MR) is 98.5 cm³/mol. The van der Waals surface area contributed by atoms with Crippen LogP contribution >= 0.6 is 11.6 Å². The van der Waals surface area contributed by atoms with Crippen LogP contribution in [0.2, 0.25) is 5.02 Å². The van der Waals surface area contributed by atoms with Crippen LogP contribution in [-0.4, -0.2) is 25.4 Å². The van der Waals surface area contributed by atoms with Gasteiger partial charge in [-0.2, -0.15) is 0 Å². The van der Waals surface area contributed by atoms with Gasteiger partial charge in [0.25, 0.3) is 5.69 Å². The van der Waals surface area contributed by atoms with Crippen molar-refractivity contribution in [3.8, 4) is 0 Å². The molecular formula is C17H14ClN5O3. The summed E-state index contributed by atoms with van der Waals surface area (Å²) in [6.07, 6.45) is 3.30. The number of halogens is 1. The second-order valence-electron chi connectivity index (χ2n) is 5.40. The summed E-state index contributed by atoms with van der Waals surface area (Å²) in [5, 5.41) is 27.1. The van der Waals surface area contributed by atoms with Crippen LogP contribution in [-0.2, 0) is 7.05 Å². The first-order chi connectivity index (χ1) is 12.5. The van der Waals surface area contributed by atoms with Crippen molar-refractivity contribution in [2.75, 3.05) is 5.32 Å². The Morgan fingerprint density at radius 1 is 1.35 bits per heavy atom. The Balaban J connectivity index is 1.94. The maximum Gasteiger partial charge on any atom is 0.292 e. The molecule has 132 valence electrons. The number of nitrogens with one attached hydrogen (secondary N) is 1. The molecular weight excluding hydrogens is 358 g/mol. The molecule has 0 aliphatic carbocycles. The Hall–Kier alpha value is -3.39. The molecule has 0 amide bonds. The van der Waals surface area contributed by atoms with Crippen molar-refractivity contribution in [1.82, 2.24) is 9.55 Å². The quantitative estimate of drug-likeness (QED) is 0.305. The number of hydrogen-bond donors (Lipinski definition) is 2. The molecule has 9 heteroatoms. The highest BCUT2D eigenvalue weighted by molar-refractivity contribution is 6.35. The second-order valence-corrected chi connectivity index (χ2v) is 5.81. The summed E-state index contributed by atoms with van der Waals surface area (Å²) in [4.78, 5) is 14.8. The summed E-state index contributed by atoms with van der Waals surface area (Å²) in [5.41, 5.74) is 1.57. The number of nitrogens with zero attached hydrogens (tertiary/aromatic N) is 4. The molecule has 2 N–H and O–H groups in total. The van der Waals surface area contributed by atoms with E-state index in [2.05, 4.69) is 15.5 Å². The van der Waals surface area contributed by atoms with Crippen molar-refractivity contribution in [3.63, 3.8) is 0 Å². The van der Waals surface area contributed by atoms with Gasteiger partial charge in [0.1, 0.15) is 5.69 Å². The van der Waals surface area contributed by atoms with Crippen molar-refractivity contribution >= 4 is 34.4 Å². The van der Waals surface area contributed by atoms with Gasteiger partial charge in [-0.25, -0.2) is 4.98 Å². The van der Waals surface area contributed by atoms with Gasteiger partial charge in [0.2, 0.25) is 0 Å². The minimum atomic E-state index is -0.462. The topological polar surface area (TPSA) is 106 Å². The molecule has 0 fully saturated rings. The van der Waals surface area contributed by atoms with E-state index in [4.69, 9.17) is 11.6 Å². The third-order valence-corrected chi connectivity index (χ3v) is 4.05. The van der Waals surface area contributed by atoms with Gasteiger partial charge in [0.15, 0.2) is 11.5 Å². The van der Waals surface area contributed by atoms with Crippen molar-refractivity contribution in [2.45, 2.75) is 0 Å². The molecule has 0 aliphatic rings. The monoisotopic (exact) mass is 371 g/mol. The van der Waals surface area contributed by atoms with Crippen LogP contribution in [0.5, 0.6) is 0 Å². The van der Waals surface area contributed by atoms with Crippen LogP contribution in [0.1, 0.15) is 11.4 Å². The van der Waals surface area contributed by atoms with Gasteiger partial charge in [0, 0.05) is 36.8 Å². The number of para-hydroxylation sites is 2. The number of rotatable bonds is 5. The largest absolute Gasteiger partial charge is 0.410 e. The van der Waals surface area contributed by atoms with Crippen molar-refractivity contribution in [1.29, 1.82) is 0 Å². The highest BCUT2D eigenvalue weighted by Gasteiger charge is 2.17. The van der Waals surface area contributed by atoms with Crippen LogP contribution in [0.15, 0.2) is 60.0 Å². The van der Waals surface area contributed by atoms with Crippen LogP contribution in [0.25, 0.3) is 0 Å². The zero-order valence-corrected chi connectivity index (χ0v) is 14.4. The second kappa shape index (κ2) is 7.24. The van der Waals surface area contributed by atoms with Crippen molar-refractivity contribution in [3.05, 3.63) is 81.4 Å². The lowest BCUT2D eigenvalue weighted by molar-refractivity contribution is -0.383. The van der Waals surface area contributed by atoms with Gasteiger partial charge in [0.05, 0.1) is 9.95 Å². The van der Waals surface area contributed by atoms with E-state index in [0.29, 0.717) is 27.8 Å². The van der Waals surface area contributed by atoms with E-state index in [1.54, 1.807) is 60.4 Å². The maximum atomic E-state index is 11.1. The molecule has 0 bridgehead atoms. The normalized spacial score (nSPS) is 11.4. The number of nitro groups is 1. The number of benzene rings is 2. The zero-order chi connectivity index (χ0) is 18.7. The summed E-state index contributed by atoms with van der Waals surface area (Å²) in [6, 6.07) is 11.3. The fourth-order valence-electron chi connectivity index (χ4n) is 2.49. The molecule has 2 aromatic carbocycles. The van der Waals surface area contributed by atoms with Crippen LogP contribution in [0, 0.1) is 10.1 Å². The van der Waals surface area contributed by atoms with E-state index < -0.39 is 4.92 Å². The lowest BCUT2D eigenvalue weighted by Gasteiger charge is -2.11. The molecule has 0 atom stereocenters. The number of imidazole rings is 1. The number of hydrogen-bond acceptors (Lipinski definition) is 6. The Bertz CT molecular complexity index is 1000. The molecule has 0 spiro atoms. The maximum absolute atomic E-state index is 11.1. The smallest absolute Gasteiger partial charge is 0.292 e. The van der Waals surface area contributed by atoms with Gasteiger partial charge in [-0.1, -0.05) is 28.9 Å². The number of nitro benzene ring substituents is 1. The minimum absolute atomic E-state index is 0.0432. The molecule has 0 unspecified atom stereocenters. The predicted octanol–water partition coefficient (Wildman–Crippen LogP) is 3.95. The van der Waals surface area contributed by atoms with Crippen LogP contribution in [0.3, 0.4) is 0 Å². The number of aromatic nitrogens is 2. The van der Waals surface area contributed by atoms with E-state index >= 15 is 0 Å². The average molecular weight is 372 g/mol. The summed E-state index contributed by atoms with van der Waals surface area (Å²) in [7, 11) is 1.77. The molecule has 0 aliphatic heterocycles. The number of aryl methyl sites for hydroxylation is 1. The molecule has 1 heterocycles.